The summed E-state index contributed by atoms with van der Waals surface area (Å²) >= 11 is 0. The maximum atomic E-state index is 12.4. The van der Waals surface area contributed by atoms with E-state index < -0.39 is 0 Å². The molecule has 6 rings (SSSR count). The van der Waals surface area contributed by atoms with Gasteiger partial charge in [0.15, 0.2) is 5.78 Å². The van der Waals surface area contributed by atoms with E-state index in [1.165, 1.54) is 22.3 Å². The van der Waals surface area contributed by atoms with Crippen molar-refractivity contribution in [2.45, 2.75) is 33.1 Å². The van der Waals surface area contributed by atoms with Gasteiger partial charge in [-0.2, -0.15) is 0 Å². The molecule has 0 spiro atoms. The predicted octanol–water partition coefficient (Wildman–Crippen LogP) is 9.58. The molecule has 198 valence electrons. The molecule has 0 radical (unpaired) electrons. The summed E-state index contributed by atoms with van der Waals surface area (Å²) in [5, 5.41) is 2.18. The van der Waals surface area contributed by atoms with E-state index in [2.05, 4.69) is 116 Å². The fraction of sp³-hybridized carbons (Fsp3) is 0.162. The van der Waals surface area contributed by atoms with Gasteiger partial charge in [-0.15, -0.1) is 0 Å². The highest BCUT2D eigenvalue weighted by Crippen LogP contribution is 2.50. The van der Waals surface area contributed by atoms with Crippen molar-refractivity contribution in [1.82, 2.24) is 0 Å². The fourth-order valence-electron chi connectivity index (χ4n) is 6.14. The minimum absolute atomic E-state index is 0.00717. The fourth-order valence-corrected chi connectivity index (χ4v) is 6.14. The Morgan fingerprint density at radius 3 is 2.02 bits per heavy atom. The highest BCUT2D eigenvalue weighted by molar-refractivity contribution is 6.20. The number of allylic oxidation sites excluding steroid dienone is 2. The van der Waals surface area contributed by atoms with Crippen molar-refractivity contribution in [2.75, 3.05) is 12.0 Å². The maximum absolute atomic E-state index is 12.4. The third-order valence-corrected chi connectivity index (χ3v) is 8.22. The molecule has 40 heavy (non-hydrogen) atoms. The van der Waals surface area contributed by atoms with Crippen LogP contribution in [0.25, 0.3) is 27.5 Å². The molecule has 0 saturated carbocycles. The van der Waals surface area contributed by atoms with E-state index >= 15 is 0 Å². The molecule has 0 amide bonds. The molecule has 5 aromatic carbocycles. The molecule has 3 heteroatoms. The predicted molar refractivity (Wildman–Crippen MR) is 166 cm³/mol. The van der Waals surface area contributed by atoms with Crippen LogP contribution in [0.5, 0.6) is 0 Å². The lowest BCUT2D eigenvalue weighted by atomic mass is 9.82. The zero-order valence-electron chi connectivity index (χ0n) is 23.7. The van der Waals surface area contributed by atoms with Crippen molar-refractivity contribution in [2.24, 2.45) is 0 Å². The van der Waals surface area contributed by atoms with Gasteiger partial charge in [-0.3, -0.25) is 4.79 Å². The molecule has 0 atom stereocenters. The van der Waals surface area contributed by atoms with Gasteiger partial charge in [-0.25, -0.2) is 0 Å². The maximum Gasteiger partial charge on any atom is 0.163 e. The number of fused-ring (bicyclic) bond motifs is 4. The standard InChI is InChI=1S/C37H33NO2/c1-24(39)36(25(2)40-5)28-16-15-27-22-30(18-17-26(27)21-28)38(29-11-7-6-8-12-29)31-19-20-33-32-13-9-10-14-34(32)37(3,4)35(33)23-31/h6-23H,1-5H3/b36-25+. The Morgan fingerprint density at radius 2 is 1.27 bits per heavy atom. The Morgan fingerprint density at radius 1 is 0.650 bits per heavy atom. The number of hydrogen-bond donors (Lipinski definition) is 0. The van der Waals surface area contributed by atoms with Crippen molar-refractivity contribution in [3.8, 4) is 11.1 Å². The molecule has 3 nitrogen and oxygen atoms in total. The lowest BCUT2D eigenvalue weighted by Crippen LogP contribution is -2.16. The summed E-state index contributed by atoms with van der Waals surface area (Å²) in [4.78, 5) is 14.7. The Hall–Kier alpha value is -4.63. The first kappa shape index (κ1) is 25.6. The summed E-state index contributed by atoms with van der Waals surface area (Å²) in [5.41, 5.74) is 10.1. The normalized spacial score (nSPS) is 13.8. The molecule has 0 heterocycles. The van der Waals surface area contributed by atoms with Crippen molar-refractivity contribution in [3.05, 3.63) is 132 Å². The Kier molecular flexibility index (Phi) is 6.31. The van der Waals surface area contributed by atoms with Crippen LogP contribution in [0.15, 0.2) is 115 Å². The number of para-hydroxylation sites is 1. The van der Waals surface area contributed by atoms with Gasteiger partial charge < -0.3 is 9.64 Å². The van der Waals surface area contributed by atoms with Gasteiger partial charge in [0.25, 0.3) is 0 Å². The van der Waals surface area contributed by atoms with Gasteiger partial charge in [0, 0.05) is 22.5 Å². The monoisotopic (exact) mass is 523 g/mol. The second-order valence-electron chi connectivity index (χ2n) is 11.0. The Labute approximate surface area is 236 Å². The van der Waals surface area contributed by atoms with Crippen LogP contribution in [0.3, 0.4) is 0 Å². The number of benzene rings is 5. The van der Waals surface area contributed by atoms with Crippen LogP contribution in [0.2, 0.25) is 0 Å². The lowest BCUT2D eigenvalue weighted by molar-refractivity contribution is -0.111. The Balaban J connectivity index is 1.48. The van der Waals surface area contributed by atoms with E-state index in [1.54, 1.807) is 14.0 Å². The van der Waals surface area contributed by atoms with E-state index in [0.717, 1.165) is 33.4 Å². The number of ether oxygens (including phenoxy) is 1. The molecule has 0 fully saturated rings. The average Bonchev–Trinajstić information content (AvgIpc) is 3.20. The summed E-state index contributed by atoms with van der Waals surface area (Å²) < 4.78 is 5.41. The van der Waals surface area contributed by atoms with Crippen molar-refractivity contribution in [1.29, 1.82) is 0 Å². The second-order valence-corrected chi connectivity index (χ2v) is 11.0. The number of methoxy groups -OCH3 is 1. The number of Topliss-reactive ketones (excluding diaryl/α,β-unsaturated/α-hetero) is 1. The third kappa shape index (κ3) is 4.19. The van der Waals surface area contributed by atoms with E-state index in [0.29, 0.717) is 11.3 Å². The molecule has 1 aliphatic rings. The van der Waals surface area contributed by atoms with Crippen LogP contribution >= 0.6 is 0 Å². The molecular weight excluding hydrogens is 490 g/mol. The SMILES string of the molecule is CO/C(C)=C(\C(C)=O)c1ccc2cc(N(c3ccccc3)c3ccc4c(c3)C(C)(C)c3ccccc3-4)ccc2c1. The van der Waals surface area contributed by atoms with Crippen LogP contribution < -0.4 is 4.90 Å². The number of carbonyl (C=O) groups excluding carboxylic acids is 1. The largest absolute Gasteiger partial charge is 0.501 e. The van der Waals surface area contributed by atoms with Crippen molar-refractivity contribution >= 4 is 39.2 Å². The van der Waals surface area contributed by atoms with Gasteiger partial charge in [0.2, 0.25) is 0 Å². The highest BCUT2D eigenvalue weighted by atomic mass is 16.5. The van der Waals surface area contributed by atoms with Crippen LogP contribution in [0.4, 0.5) is 17.1 Å². The summed E-state index contributed by atoms with van der Waals surface area (Å²) in [6, 6.07) is 38.8. The highest BCUT2D eigenvalue weighted by Gasteiger charge is 2.35. The van der Waals surface area contributed by atoms with Gasteiger partial charge >= 0.3 is 0 Å². The first-order valence-electron chi connectivity index (χ1n) is 13.7. The molecule has 0 unspecified atom stereocenters. The Bertz CT molecular complexity index is 1800. The number of hydrogen-bond acceptors (Lipinski definition) is 3. The molecule has 0 bridgehead atoms. The van der Waals surface area contributed by atoms with Crippen molar-refractivity contribution in [3.63, 3.8) is 0 Å². The summed E-state index contributed by atoms with van der Waals surface area (Å²) in [5.74, 6) is 0.618. The quantitative estimate of drug-likeness (QED) is 0.164. The second kappa shape index (κ2) is 9.84. The van der Waals surface area contributed by atoms with E-state index in [-0.39, 0.29) is 11.2 Å². The zero-order valence-corrected chi connectivity index (χ0v) is 23.7. The molecule has 0 saturated heterocycles. The average molecular weight is 524 g/mol. The van der Waals surface area contributed by atoms with Gasteiger partial charge in [0.1, 0.15) is 5.76 Å². The van der Waals surface area contributed by atoms with Crippen LogP contribution in [-0.4, -0.2) is 12.9 Å². The molecular formula is C37H33NO2. The topological polar surface area (TPSA) is 29.5 Å². The van der Waals surface area contributed by atoms with Crippen LogP contribution in [0.1, 0.15) is 44.4 Å². The summed E-state index contributed by atoms with van der Waals surface area (Å²) in [6.45, 7) is 8.05. The van der Waals surface area contributed by atoms with Crippen LogP contribution in [-0.2, 0) is 14.9 Å². The smallest absolute Gasteiger partial charge is 0.163 e. The lowest BCUT2D eigenvalue weighted by Gasteiger charge is -2.28. The van der Waals surface area contributed by atoms with Crippen LogP contribution in [0, 0.1) is 0 Å². The number of ketones is 1. The van der Waals surface area contributed by atoms with E-state index in [9.17, 15) is 4.79 Å². The molecule has 1 aliphatic carbocycles. The van der Waals surface area contributed by atoms with E-state index in [4.69, 9.17) is 4.74 Å². The number of anilines is 3. The summed E-state index contributed by atoms with van der Waals surface area (Å²) in [6.07, 6.45) is 0. The number of carbonyl (C=O) groups is 1. The van der Waals surface area contributed by atoms with Gasteiger partial charge in [-0.1, -0.05) is 80.6 Å². The number of nitrogens with zero attached hydrogens (tertiary/aromatic N) is 1. The van der Waals surface area contributed by atoms with Gasteiger partial charge in [0.05, 0.1) is 12.7 Å². The third-order valence-electron chi connectivity index (χ3n) is 8.22. The van der Waals surface area contributed by atoms with Crippen molar-refractivity contribution < 1.29 is 9.53 Å². The van der Waals surface area contributed by atoms with Gasteiger partial charge in [-0.05, 0) is 94.9 Å². The minimum atomic E-state index is -0.0770. The first-order chi connectivity index (χ1) is 19.3. The zero-order chi connectivity index (χ0) is 28.0. The molecule has 0 aliphatic heterocycles. The number of rotatable bonds is 6. The molecule has 0 N–H and O–H groups in total. The minimum Gasteiger partial charge on any atom is -0.501 e. The molecule has 0 aromatic heterocycles. The molecule has 5 aromatic rings. The summed E-state index contributed by atoms with van der Waals surface area (Å²) in [7, 11) is 1.60. The van der Waals surface area contributed by atoms with E-state index in [1.807, 2.05) is 19.1 Å². The first-order valence-corrected chi connectivity index (χ1v) is 13.7.